The Labute approximate surface area is 75.7 Å². The second-order valence-corrected chi connectivity index (χ2v) is 4.11. The predicted octanol–water partition coefficient (Wildman–Crippen LogP) is 1.80. The van der Waals surface area contributed by atoms with Crippen LogP contribution in [0.25, 0.3) is 0 Å². The minimum absolute atomic E-state index is 0.414. The summed E-state index contributed by atoms with van der Waals surface area (Å²) >= 11 is 0. The van der Waals surface area contributed by atoms with Crippen molar-refractivity contribution in [2.45, 2.75) is 45.8 Å². The first-order chi connectivity index (χ1) is 5.70. The second-order valence-electron chi connectivity index (χ2n) is 4.11. The van der Waals surface area contributed by atoms with Crippen molar-refractivity contribution in [2.24, 2.45) is 5.92 Å². The molecule has 72 valence electrons. The van der Waals surface area contributed by atoms with E-state index in [0.717, 1.165) is 19.1 Å². The number of hydrogen-bond acceptors (Lipinski definition) is 2. The van der Waals surface area contributed by atoms with Crippen molar-refractivity contribution in [2.75, 3.05) is 13.2 Å². The molecule has 0 bridgehead atoms. The Balaban J connectivity index is 2.06. The van der Waals surface area contributed by atoms with Crippen molar-refractivity contribution in [3.8, 4) is 0 Å². The lowest BCUT2D eigenvalue weighted by molar-refractivity contribution is 0.113. The van der Waals surface area contributed by atoms with Crippen LogP contribution in [0.4, 0.5) is 0 Å². The van der Waals surface area contributed by atoms with Gasteiger partial charge >= 0.3 is 0 Å². The van der Waals surface area contributed by atoms with Crippen molar-refractivity contribution in [1.82, 2.24) is 5.32 Å². The minimum atomic E-state index is 0.414. The van der Waals surface area contributed by atoms with Gasteiger partial charge in [0.05, 0.1) is 6.10 Å². The summed E-state index contributed by atoms with van der Waals surface area (Å²) in [6, 6.07) is 0.601. The summed E-state index contributed by atoms with van der Waals surface area (Å²) in [7, 11) is 0. The zero-order valence-corrected chi connectivity index (χ0v) is 8.47. The molecule has 1 aliphatic rings. The van der Waals surface area contributed by atoms with E-state index < -0.39 is 0 Å². The van der Waals surface area contributed by atoms with Crippen LogP contribution in [0, 0.1) is 5.92 Å². The van der Waals surface area contributed by atoms with Gasteiger partial charge in [-0.15, -0.1) is 0 Å². The third-order valence-electron chi connectivity index (χ3n) is 2.50. The van der Waals surface area contributed by atoms with Crippen LogP contribution in [0.5, 0.6) is 0 Å². The minimum Gasteiger partial charge on any atom is -0.377 e. The van der Waals surface area contributed by atoms with E-state index in [1.807, 2.05) is 0 Å². The molecule has 1 heterocycles. The van der Waals surface area contributed by atoms with E-state index in [1.54, 1.807) is 0 Å². The largest absolute Gasteiger partial charge is 0.377 e. The van der Waals surface area contributed by atoms with Gasteiger partial charge in [-0.1, -0.05) is 13.8 Å². The Morgan fingerprint density at radius 3 is 2.75 bits per heavy atom. The maximum atomic E-state index is 5.46. The number of nitrogens with one attached hydrogen (secondary N) is 1. The highest BCUT2D eigenvalue weighted by Crippen LogP contribution is 2.12. The van der Waals surface area contributed by atoms with Crippen LogP contribution in [-0.4, -0.2) is 25.3 Å². The molecule has 1 saturated heterocycles. The zero-order valence-electron chi connectivity index (χ0n) is 8.47. The Hall–Kier alpha value is -0.0800. The summed E-state index contributed by atoms with van der Waals surface area (Å²) in [5.41, 5.74) is 0. The van der Waals surface area contributed by atoms with Crippen molar-refractivity contribution >= 4 is 0 Å². The molecule has 0 saturated carbocycles. The third-order valence-corrected chi connectivity index (χ3v) is 2.50. The lowest BCUT2D eigenvalue weighted by atomic mass is 10.1. The van der Waals surface area contributed by atoms with Crippen LogP contribution < -0.4 is 5.32 Å². The van der Waals surface area contributed by atoms with Crippen LogP contribution >= 0.6 is 0 Å². The van der Waals surface area contributed by atoms with Crippen LogP contribution in [0.2, 0.25) is 0 Å². The van der Waals surface area contributed by atoms with Gasteiger partial charge in [-0.3, -0.25) is 0 Å². The first-order valence-electron chi connectivity index (χ1n) is 5.05. The predicted molar refractivity (Wildman–Crippen MR) is 51.3 cm³/mol. The Kier molecular flexibility index (Phi) is 4.02. The van der Waals surface area contributed by atoms with Crippen molar-refractivity contribution in [3.05, 3.63) is 0 Å². The average molecular weight is 171 g/mol. The third kappa shape index (κ3) is 3.11. The van der Waals surface area contributed by atoms with E-state index in [-0.39, 0.29) is 0 Å². The summed E-state index contributed by atoms with van der Waals surface area (Å²) in [4.78, 5) is 0. The highest BCUT2D eigenvalue weighted by molar-refractivity contribution is 4.78. The monoisotopic (exact) mass is 171 g/mol. The molecule has 1 fully saturated rings. The molecule has 0 spiro atoms. The zero-order chi connectivity index (χ0) is 8.97. The van der Waals surface area contributed by atoms with Gasteiger partial charge in [0, 0.05) is 12.6 Å². The fourth-order valence-corrected chi connectivity index (χ4v) is 1.56. The highest BCUT2D eigenvalue weighted by Gasteiger charge is 2.22. The van der Waals surface area contributed by atoms with Crippen molar-refractivity contribution < 1.29 is 4.74 Å². The van der Waals surface area contributed by atoms with Crippen molar-refractivity contribution in [1.29, 1.82) is 0 Å². The standard InChI is InChI=1S/C10H21NO/c1-8(2)4-6-11-10-5-7-12-9(10)3/h8-11H,4-7H2,1-3H3/t9-,10+/m0/s1. The number of hydrogen-bond donors (Lipinski definition) is 1. The first-order valence-corrected chi connectivity index (χ1v) is 5.05. The molecule has 1 rings (SSSR count). The molecule has 2 heteroatoms. The molecular formula is C10H21NO. The first kappa shape index (κ1) is 10.0. The normalized spacial score (nSPS) is 30.0. The number of rotatable bonds is 4. The summed E-state index contributed by atoms with van der Waals surface area (Å²) < 4.78 is 5.46. The van der Waals surface area contributed by atoms with Gasteiger partial charge in [0.1, 0.15) is 0 Å². The van der Waals surface area contributed by atoms with E-state index in [1.165, 1.54) is 12.8 Å². The van der Waals surface area contributed by atoms with E-state index in [2.05, 4.69) is 26.1 Å². The summed E-state index contributed by atoms with van der Waals surface area (Å²) in [5.74, 6) is 0.801. The molecule has 0 radical (unpaired) electrons. The van der Waals surface area contributed by atoms with Gasteiger partial charge in [-0.25, -0.2) is 0 Å². The van der Waals surface area contributed by atoms with E-state index in [4.69, 9.17) is 4.74 Å². The fraction of sp³-hybridized carbons (Fsp3) is 1.00. The quantitative estimate of drug-likeness (QED) is 0.696. The van der Waals surface area contributed by atoms with E-state index in [0.29, 0.717) is 12.1 Å². The molecule has 2 nitrogen and oxygen atoms in total. The van der Waals surface area contributed by atoms with Gasteiger partial charge in [-0.05, 0) is 32.2 Å². The Morgan fingerprint density at radius 1 is 1.50 bits per heavy atom. The maximum Gasteiger partial charge on any atom is 0.0700 e. The van der Waals surface area contributed by atoms with E-state index in [9.17, 15) is 0 Å². The van der Waals surface area contributed by atoms with Crippen LogP contribution in [0.3, 0.4) is 0 Å². The van der Waals surface area contributed by atoms with Gasteiger partial charge in [0.25, 0.3) is 0 Å². The molecule has 2 atom stereocenters. The molecule has 12 heavy (non-hydrogen) atoms. The second kappa shape index (κ2) is 4.83. The van der Waals surface area contributed by atoms with Gasteiger partial charge in [0.15, 0.2) is 0 Å². The molecule has 0 aromatic heterocycles. The SMILES string of the molecule is CC(C)CCN[C@@H]1CCO[C@H]1C. The average Bonchev–Trinajstić information content (AvgIpc) is 2.36. The molecule has 1 N–H and O–H groups in total. The van der Waals surface area contributed by atoms with Crippen LogP contribution in [-0.2, 0) is 4.74 Å². The molecule has 0 aliphatic carbocycles. The Morgan fingerprint density at radius 2 is 2.25 bits per heavy atom. The smallest absolute Gasteiger partial charge is 0.0700 e. The lowest BCUT2D eigenvalue weighted by Crippen LogP contribution is -2.35. The fourth-order valence-electron chi connectivity index (χ4n) is 1.56. The number of ether oxygens (including phenoxy) is 1. The molecule has 0 aromatic rings. The lowest BCUT2D eigenvalue weighted by Gasteiger charge is -2.16. The Bertz CT molecular complexity index is 125. The van der Waals surface area contributed by atoms with Crippen molar-refractivity contribution in [3.63, 3.8) is 0 Å². The summed E-state index contributed by atoms with van der Waals surface area (Å²) in [6.07, 6.45) is 2.86. The molecule has 0 amide bonds. The van der Waals surface area contributed by atoms with Gasteiger partial charge < -0.3 is 10.1 Å². The molecule has 1 aliphatic heterocycles. The highest BCUT2D eigenvalue weighted by atomic mass is 16.5. The molecular weight excluding hydrogens is 150 g/mol. The summed E-state index contributed by atoms with van der Waals surface area (Å²) in [6.45, 7) is 8.74. The molecule has 0 unspecified atom stereocenters. The van der Waals surface area contributed by atoms with Crippen LogP contribution in [0.15, 0.2) is 0 Å². The van der Waals surface area contributed by atoms with E-state index >= 15 is 0 Å². The maximum absolute atomic E-state index is 5.46. The van der Waals surface area contributed by atoms with Crippen LogP contribution in [0.1, 0.15) is 33.6 Å². The van der Waals surface area contributed by atoms with Gasteiger partial charge in [-0.2, -0.15) is 0 Å². The molecule has 0 aromatic carbocycles. The van der Waals surface area contributed by atoms with Gasteiger partial charge in [0.2, 0.25) is 0 Å². The topological polar surface area (TPSA) is 21.3 Å². The summed E-state index contributed by atoms with van der Waals surface area (Å²) in [5, 5.41) is 3.54.